The molecule has 4 heteroatoms. The first-order chi connectivity index (χ1) is 8.60. The fraction of sp³-hybridized carbons (Fsp3) is 0.286. The van der Waals surface area contributed by atoms with E-state index in [0.717, 1.165) is 0 Å². The first-order valence-corrected chi connectivity index (χ1v) is 5.82. The molecule has 0 atom stereocenters. The predicted molar refractivity (Wildman–Crippen MR) is 64.4 cm³/mol. The number of hydrogen-bond acceptors (Lipinski definition) is 1. The number of rotatable bonds is 3. The van der Waals surface area contributed by atoms with E-state index in [9.17, 15) is 13.2 Å². The molecule has 0 radical (unpaired) electrons. The SMILES string of the molecule is CCOc1cc2ccc(CC)c(F)c2c(F)c1F. The van der Waals surface area contributed by atoms with Crippen molar-refractivity contribution in [3.63, 3.8) is 0 Å². The molecule has 2 rings (SSSR count). The molecule has 0 saturated heterocycles. The second kappa shape index (κ2) is 4.88. The molecule has 0 amide bonds. The van der Waals surface area contributed by atoms with E-state index in [1.54, 1.807) is 26.0 Å². The minimum absolute atomic E-state index is 0.189. The van der Waals surface area contributed by atoms with Crippen LogP contribution in [-0.2, 0) is 6.42 Å². The Hall–Kier alpha value is -1.71. The molecule has 18 heavy (non-hydrogen) atoms. The van der Waals surface area contributed by atoms with Crippen LogP contribution in [-0.4, -0.2) is 6.61 Å². The number of halogens is 3. The zero-order chi connectivity index (χ0) is 13.3. The summed E-state index contributed by atoms with van der Waals surface area (Å²) >= 11 is 0. The lowest BCUT2D eigenvalue weighted by atomic mass is 10.0. The Bertz CT molecular complexity index is 593. The van der Waals surface area contributed by atoms with Gasteiger partial charge in [0.2, 0.25) is 5.82 Å². The van der Waals surface area contributed by atoms with E-state index >= 15 is 0 Å². The Kier molecular flexibility index (Phi) is 3.45. The minimum atomic E-state index is -1.19. The summed E-state index contributed by atoms with van der Waals surface area (Å²) in [5.74, 6) is -3.22. The average molecular weight is 254 g/mol. The molecule has 0 aromatic heterocycles. The molecule has 96 valence electrons. The maximum atomic E-state index is 14.0. The number of ether oxygens (including phenoxy) is 1. The van der Waals surface area contributed by atoms with Crippen LogP contribution in [0.3, 0.4) is 0 Å². The highest BCUT2D eigenvalue weighted by atomic mass is 19.2. The van der Waals surface area contributed by atoms with E-state index in [1.165, 1.54) is 6.07 Å². The fourth-order valence-corrected chi connectivity index (χ4v) is 1.93. The van der Waals surface area contributed by atoms with Gasteiger partial charge in [0.25, 0.3) is 0 Å². The summed E-state index contributed by atoms with van der Waals surface area (Å²) in [7, 11) is 0. The van der Waals surface area contributed by atoms with Crippen LogP contribution in [0.15, 0.2) is 18.2 Å². The average Bonchev–Trinajstić information content (AvgIpc) is 2.36. The van der Waals surface area contributed by atoms with Crippen LogP contribution in [0.2, 0.25) is 0 Å². The first kappa shape index (κ1) is 12.7. The first-order valence-electron chi connectivity index (χ1n) is 5.82. The van der Waals surface area contributed by atoms with E-state index in [1.807, 2.05) is 0 Å². The van der Waals surface area contributed by atoms with Crippen LogP contribution < -0.4 is 4.74 Å². The van der Waals surface area contributed by atoms with Gasteiger partial charge in [-0.2, -0.15) is 4.39 Å². The lowest BCUT2D eigenvalue weighted by Crippen LogP contribution is -2.00. The Morgan fingerprint density at radius 2 is 1.72 bits per heavy atom. The van der Waals surface area contributed by atoms with Crippen LogP contribution in [0.4, 0.5) is 13.2 Å². The maximum absolute atomic E-state index is 14.0. The highest BCUT2D eigenvalue weighted by molar-refractivity contribution is 5.86. The molecule has 0 unspecified atom stereocenters. The van der Waals surface area contributed by atoms with Crippen molar-refractivity contribution in [1.82, 2.24) is 0 Å². The quantitative estimate of drug-likeness (QED) is 0.796. The normalized spacial score (nSPS) is 10.9. The Labute approximate surface area is 103 Å². The van der Waals surface area contributed by atoms with Gasteiger partial charge in [0.05, 0.1) is 12.0 Å². The van der Waals surface area contributed by atoms with Crippen molar-refractivity contribution < 1.29 is 17.9 Å². The van der Waals surface area contributed by atoms with Crippen LogP contribution in [0.25, 0.3) is 10.8 Å². The van der Waals surface area contributed by atoms with Crippen molar-refractivity contribution in [1.29, 1.82) is 0 Å². The van der Waals surface area contributed by atoms with E-state index in [0.29, 0.717) is 17.4 Å². The van der Waals surface area contributed by atoms with E-state index in [-0.39, 0.29) is 17.7 Å². The highest BCUT2D eigenvalue weighted by Gasteiger charge is 2.18. The topological polar surface area (TPSA) is 9.23 Å². The molecule has 0 fully saturated rings. The zero-order valence-electron chi connectivity index (χ0n) is 10.2. The Balaban J connectivity index is 2.78. The number of hydrogen-bond donors (Lipinski definition) is 0. The number of fused-ring (bicyclic) bond motifs is 1. The van der Waals surface area contributed by atoms with Crippen LogP contribution in [0.1, 0.15) is 19.4 Å². The zero-order valence-corrected chi connectivity index (χ0v) is 10.2. The third-order valence-corrected chi connectivity index (χ3v) is 2.85. The van der Waals surface area contributed by atoms with Gasteiger partial charge < -0.3 is 4.74 Å². The molecule has 0 heterocycles. The van der Waals surface area contributed by atoms with Gasteiger partial charge in [-0.1, -0.05) is 19.1 Å². The fourth-order valence-electron chi connectivity index (χ4n) is 1.93. The molecule has 0 aliphatic rings. The van der Waals surface area contributed by atoms with Crippen molar-refractivity contribution in [3.8, 4) is 5.75 Å². The van der Waals surface area contributed by atoms with Crippen LogP contribution in [0.5, 0.6) is 5.75 Å². The Morgan fingerprint density at radius 3 is 2.33 bits per heavy atom. The summed E-state index contributed by atoms with van der Waals surface area (Å²) in [4.78, 5) is 0. The molecule has 0 aliphatic carbocycles. The third kappa shape index (κ3) is 1.92. The third-order valence-electron chi connectivity index (χ3n) is 2.85. The van der Waals surface area contributed by atoms with E-state index in [4.69, 9.17) is 4.74 Å². The smallest absolute Gasteiger partial charge is 0.201 e. The lowest BCUT2D eigenvalue weighted by Gasteiger charge is -2.10. The van der Waals surface area contributed by atoms with Gasteiger partial charge in [0.1, 0.15) is 5.82 Å². The van der Waals surface area contributed by atoms with Gasteiger partial charge in [0.15, 0.2) is 11.6 Å². The summed E-state index contributed by atoms with van der Waals surface area (Å²) in [5, 5.41) is -0.0117. The van der Waals surface area contributed by atoms with Crippen LogP contribution >= 0.6 is 0 Å². The Morgan fingerprint density at radius 1 is 1.00 bits per heavy atom. The van der Waals surface area contributed by atoms with E-state index < -0.39 is 17.5 Å². The maximum Gasteiger partial charge on any atom is 0.201 e. The molecule has 0 spiro atoms. The largest absolute Gasteiger partial charge is 0.491 e. The molecule has 1 nitrogen and oxygen atoms in total. The van der Waals surface area contributed by atoms with Gasteiger partial charge in [-0.05, 0) is 30.4 Å². The monoisotopic (exact) mass is 254 g/mol. The van der Waals surface area contributed by atoms with Crippen molar-refractivity contribution in [2.45, 2.75) is 20.3 Å². The van der Waals surface area contributed by atoms with Gasteiger partial charge in [-0.15, -0.1) is 0 Å². The number of benzene rings is 2. The second-order valence-corrected chi connectivity index (χ2v) is 3.93. The predicted octanol–water partition coefficient (Wildman–Crippen LogP) is 4.22. The van der Waals surface area contributed by atoms with Gasteiger partial charge in [0, 0.05) is 0 Å². The van der Waals surface area contributed by atoms with Gasteiger partial charge in [-0.25, -0.2) is 8.78 Å². The van der Waals surface area contributed by atoms with Crippen molar-refractivity contribution in [3.05, 3.63) is 41.2 Å². The summed E-state index contributed by atoms with van der Waals surface area (Å²) in [6, 6.07) is 4.47. The summed E-state index contributed by atoms with van der Waals surface area (Å²) in [6.45, 7) is 3.65. The highest BCUT2D eigenvalue weighted by Crippen LogP contribution is 2.31. The molecule has 0 aliphatic heterocycles. The summed E-state index contributed by atoms with van der Waals surface area (Å²) in [5.41, 5.74) is 0.366. The minimum Gasteiger partial charge on any atom is -0.491 e. The number of aryl methyl sites for hydroxylation is 1. The molecule has 0 N–H and O–H groups in total. The van der Waals surface area contributed by atoms with Crippen LogP contribution in [0, 0.1) is 17.5 Å². The molecule has 2 aromatic rings. The molecular formula is C14H13F3O. The van der Waals surface area contributed by atoms with E-state index in [2.05, 4.69) is 0 Å². The molecule has 0 saturated carbocycles. The van der Waals surface area contributed by atoms with Crippen molar-refractivity contribution in [2.24, 2.45) is 0 Å². The van der Waals surface area contributed by atoms with Crippen molar-refractivity contribution >= 4 is 10.8 Å². The molecule has 2 aromatic carbocycles. The molecular weight excluding hydrogens is 241 g/mol. The summed E-state index contributed by atoms with van der Waals surface area (Å²) in [6.07, 6.45) is 0.427. The molecule has 0 bridgehead atoms. The van der Waals surface area contributed by atoms with Gasteiger partial charge >= 0.3 is 0 Å². The van der Waals surface area contributed by atoms with Crippen molar-refractivity contribution in [2.75, 3.05) is 6.61 Å². The summed E-state index contributed by atoms with van der Waals surface area (Å²) < 4.78 is 46.5. The lowest BCUT2D eigenvalue weighted by molar-refractivity contribution is 0.315. The standard InChI is InChI=1S/C14H13F3O/c1-3-8-5-6-9-7-10(18-4-2)13(16)14(17)11(9)12(8)15/h5-7H,3-4H2,1-2H3. The second-order valence-electron chi connectivity index (χ2n) is 3.93. The van der Waals surface area contributed by atoms with Gasteiger partial charge in [-0.3, -0.25) is 0 Å².